The summed E-state index contributed by atoms with van der Waals surface area (Å²) in [5.74, 6) is 0.100. The molecule has 0 saturated carbocycles. The molecule has 1 N–H and O–H groups in total. The molecule has 0 amide bonds. The Hall–Kier alpha value is -0.473. The average molecular weight is 196 g/mol. The molecule has 0 spiro atoms. The molecule has 0 atom stereocenters. The summed E-state index contributed by atoms with van der Waals surface area (Å²) in [6.45, 7) is 1.86. The predicted molar refractivity (Wildman–Crippen MR) is 44.5 cm³/mol. The van der Waals surface area contributed by atoms with Gasteiger partial charge in [-0.25, -0.2) is 0 Å². The van der Waals surface area contributed by atoms with E-state index in [-0.39, 0.29) is 26.0 Å². The van der Waals surface area contributed by atoms with Crippen LogP contribution in [0.25, 0.3) is 0 Å². The zero-order valence-corrected chi connectivity index (χ0v) is 8.21. The van der Waals surface area contributed by atoms with E-state index in [9.17, 15) is 8.42 Å². The molecule has 0 aromatic heterocycles. The fourth-order valence-electron chi connectivity index (χ4n) is 0.715. The molecule has 68 valence electrons. The Bertz CT molecular complexity index is 362. The van der Waals surface area contributed by atoms with Crippen molar-refractivity contribution in [2.24, 2.45) is 0 Å². The molecule has 0 radical (unpaired) electrons. The molecule has 0 saturated heterocycles. The molecule has 6 heteroatoms. The van der Waals surface area contributed by atoms with Crippen LogP contribution in [0.2, 0.25) is 0 Å². The van der Waals surface area contributed by atoms with Crippen LogP contribution in [0.4, 0.5) is 0 Å². The summed E-state index contributed by atoms with van der Waals surface area (Å²) >= 11 is 0. The van der Waals surface area contributed by atoms with Gasteiger partial charge in [0.2, 0.25) is 0 Å². The minimum atomic E-state index is -4.39. The fourth-order valence-corrected chi connectivity index (χ4v) is 1.07. The zero-order valence-electron chi connectivity index (χ0n) is 8.39. The molecule has 0 aliphatic carbocycles. The van der Waals surface area contributed by atoms with Crippen LogP contribution in [0.5, 0.6) is 5.75 Å². The van der Waals surface area contributed by atoms with Gasteiger partial charge < -0.3 is 5.61 Å². The molecule has 0 bridgehead atoms. The van der Waals surface area contributed by atoms with Crippen LogP contribution >= 0.6 is 0 Å². The Morgan fingerprint density at radius 3 is 2.15 bits per heavy atom. The van der Waals surface area contributed by atoms with E-state index in [0.717, 1.165) is 5.56 Å². The SMILES string of the molecule is Cc1ccc(OS(=O)(=O)O)cc1.[H-].[Li+]. The summed E-state index contributed by atoms with van der Waals surface area (Å²) in [5, 5.41) is 0. The van der Waals surface area contributed by atoms with Crippen LogP contribution in [-0.2, 0) is 10.4 Å². The number of benzene rings is 1. The number of rotatable bonds is 2. The second-order valence-electron chi connectivity index (χ2n) is 2.32. The second-order valence-corrected chi connectivity index (χ2v) is 3.35. The normalized spacial score (nSPS) is 10.3. The van der Waals surface area contributed by atoms with E-state index in [1.165, 1.54) is 12.1 Å². The number of hydrogen-bond donors (Lipinski definition) is 1. The van der Waals surface area contributed by atoms with Crippen molar-refractivity contribution in [3.8, 4) is 5.75 Å². The van der Waals surface area contributed by atoms with Gasteiger partial charge in [-0.3, -0.25) is 4.55 Å². The third kappa shape index (κ3) is 4.96. The molecular weight excluding hydrogens is 187 g/mol. The molecule has 0 aliphatic heterocycles. The van der Waals surface area contributed by atoms with Crippen molar-refractivity contribution in [3.63, 3.8) is 0 Å². The van der Waals surface area contributed by atoms with Gasteiger partial charge in [0.25, 0.3) is 0 Å². The van der Waals surface area contributed by atoms with E-state index in [2.05, 4.69) is 4.18 Å². The maximum Gasteiger partial charge on any atom is 1.00 e. The van der Waals surface area contributed by atoms with E-state index in [4.69, 9.17) is 4.55 Å². The summed E-state index contributed by atoms with van der Waals surface area (Å²) in [6, 6.07) is 6.28. The van der Waals surface area contributed by atoms with Crippen molar-refractivity contribution >= 4 is 10.4 Å². The van der Waals surface area contributed by atoms with E-state index in [1.54, 1.807) is 12.1 Å². The predicted octanol–water partition coefficient (Wildman–Crippen LogP) is -1.71. The first kappa shape index (κ1) is 12.5. The van der Waals surface area contributed by atoms with Crippen molar-refractivity contribution in [2.45, 2.75) is 6.92 Å². The Labute approximate surface area is 90.5 Å². The van der Waals surface area contributed by atoms with Crippen LogP contribution in [0.3, 0.4) is 0 Å². The monoisotopic (exact) mass is 196 g/mol. The van der Waals surface area contributed by atoms with Crippen LogP contribution in [0.15, 0.2) is 24.3 Å². The number of aryl methyl sites for hydroxylation is 1. The van der Waals surface area contributed by atoms with Crippen molar-refractivity contribution in [2.75, 3.05) is 0 Å². The van der Waals surface area contributed by atoms with E-state index < -0.39 is 10.4 Å². The fraction of sp³-hybridized carbons (Fsp3) is 0.143. The third-order valence-electron chi connectivity index (χ3n) is 1.22. The smallest absolute Gasteiger partial charge is 1.00 e. The first-order valence-electron chi connectivity index (χ1n) is 3.21. The van der Waals surface area contributed by atoms with Gasteiger partial charge in [0.15, 0.2) is 0 Å². The quantitative estimate of drug-likeness (QED) is 0.452. The molecule has 1 rings (SSSR count). The molecule has 1 aromatic carbocycles. The average Bonchev–Trinajstić information content (AvgIpc) is 1.91. The third-order valence-corrected chi connectivity index (χ3v) is 1.63. The minimum Gasteiger partial charge on any atom is -1.00 e. The van der Waals surface area contributed by atoms with Gasteiger partial charge in [-0.2, -0.15) is 8.42 Å². The molecule has 4 nitrogen and oxygen atoms in total. The summed E-state index contributed by atoms with van der Waals surface area (Å²) in [5.41, 5.74) is 0.984. The van der Waals surface area contributed by atoms with Gasteiger partial charge >= 0.3 is 29.3 Å². The Morgan fingerprint density at radius 1 is 1.31 bits per heavy atom. The molecular formula is C7H9LiO4S. The van der Waals surface area contributed by atoms with Gasteiger partial charge in [0.05, 0.1) is 0 Å². The van der Waals surface area contributed by atoms with Gasteiger partial charge in [-0.15, -0.1) is 0 Å². The first-order valence-corrected chi connectivity index (χ1v) is 4.57. The molecule has 0 fully saturated rings. The van der Waals surface area contributed by atoms with Gasteiger partial charge in [0, 0.05) is 0 Å². The molecule has 1 aromatic rings. The molecule has 0 aliphatic rings. The summed E-state index contributed by atoms with van der Waals surface area (Å²) < 4.78 is 32.9. The van der Waals surface area contributed by atoms with Crippen LogP contribution < -0.4 is 23.0 Å². The summed E-state index contributed by atoms with van der Waals surface area (Å²) in [7, 11) is -4.39. The molecule has 13 heavy (non-hydrogen) atoms. The molecule has 0 unspecified atom stereocenters. The maximum atomic E-state index is 10.2. The summed E-state index contributed by atoms with van der Waals surface area (Å²) in [4.78, 5) is 0. The largest absolute Gasteiger partial charge is 1.00 e. The zero-order chi connectivity index (χ0) is 9.19. The first-order chi connectivity index (χ1) is 5.47. The number of hydrogen-bond acceptors (Lipinski definition) is 3. The van der Waals surface area contributed by atoms with Crippen LogP contribution in [0, 0.1) is 6.92 Å². The van der Waals surface area contributed by atoms with Crippen molar-refractivity contribution in [3.05, 3.63) is 29.8 Å². The van der Waals surface area contributed by atoms with Gasteiger partial charge in [-0.05, 0) is 19.1 Å². The van der Waals surface area contributed by atoms with Crippen LogP contribution in [0.1, 0.15) is 6.99 Å². The minimum absolute atomic E-state index is 0. The standard InChI is InChI=1S/C7H8O4S.Li.H/c1-6-2-4-7(5-3-6)11-12(8,9)10;;/h2-5H,1H3,(H,8,9,10);;/q;+1;-1. The topological polar surface area (TPSA) is 63.6 Å². The maximum absolute atomic E-state index is 10.2. The Morgan fingerprint density at radius 2 is 1.77 bits per heavy atom. The van der Waals surface area contributed by atoms with Crippen LogP contribution in [-0.4, -0.2) is 13.0 Å². The van der Waals surface area contributed by atoms with E-state index in [0.29, 0.717) is 0 Å². The Kier molecular flexibility index (Phi) is 4.51. The van der Waals surface area contributed by atoms with Gasteiger partial charge in [0.1, 0.15) is 5.75 Å². The molecule has 0 heterocycles. The second kappa shape index (κ2) is 4.68. The van der Waals surface area contributed by atoms with Crippen molar-refractivity contribution in [1.82, 2.24) is 0 Å². The van der Waals surface area contributed by atoms with Crippen molar-refractivity contribution in [1.29, 1.82) is 0 Å². The van der Waals surface area contributed by atoms with E-state index in [1.807, 2.05) is 6.92 Å². The van der Waals surface area contributed by atoms with E-state index >= 15 is 0 Å². The summed E-state index contributed by atoms with van der Waals surface area (Å²) in [6.07, 6.45) is 0. The Balaban J connectivity index is 0. The van der Waals surface area contributed by atoms with Gasteiger partial charge in [-0.1, -0.05) is 17.7 Å². The van der Waals surface area contributed by atoms with Crippen molar-refractivity contribution < 1.29 is 37.4 Å².